The minimum atomic E-state index is -4.75. The molecule has 1 saturated heterocycles. The van der Waals surface area contributed by atoms with Crippen LogP contribution in [-0.2, 0) is 6.42 Å². The zero-order valence-corrected chi connectivity index (χ0v) is 16.6. The highest BCUT2D eigenvalue weighted by Gasteiger charge is 2.31. The number of amides is 1. The molecule has 1 aromatic heterocycles. The van der Waals surface area contributed by atoms with Crippen molar-refractivity contribution in [3.05, 3.63) is 66.4 Å². The van der Waals surface area contributed by atoms with Crippen molar-refractivity contribution in [2.45, 2.75) is 38.1 Å². The fourth-order valence-corrected chi connectivity index (χ4v) is 3.78. The highest BCUT2D eigenvalue weighted by molar-refractivity contribution is 5.76. The lowest BCUT2D eigenvalue weighted by molar-refractivity contribution is -0.274. The SMILES string of the molecule is O=C(N1CCCC[C@H]1Cc1ccccc1)n1ncc(-c2ccc(OC(F)(F)F)cc2)n1. The first kappa shape index (κ1) is 20.9. The molecule has 1 amide bonds. The number of carbonyl (C=O) groups excluding carboxylic acids is 1. The molecule has 0 spiro atoms. The maximum absolute atomic E-state index is 13.1. The number of carbonyl (C=O) groups is 1. The van der Waals surface area contributed by atoms with E-state index in [9.17, 15) is 18.0 Å². The van der Waals surface area contributed by atoms with E-state index in [1.807, 2.05) is 30.3 Å². The Morgan fingerprint density at radius 3 is 2.52 bits per heavy atom. The molecular formula is C22H21F3N4O2. The normalized spacial score (nSPS) is 16.9. The average molecular weight is 430 g/mol. The van der Waals surface area contributed by atoms with Crippen LogP contribution in [0.3, 0.4) is 0 Å². The minimum Gasteiger partial charge on any atom is -0.406 e. The van der Waals surface area contributed by atoms with Crippen molar-refractivity contribution in [2.24, 2.45) is 0 Å². The summed E-state index contributed by atoms with van der Waals surface area (Å²) in [6.45, 7) is 0.636. The van der Waals surface area contributed by atoms with Crippen molar-refractivity contribution in [2.75, 3.05) is 6.54 Å². The molecule has 2 heterocycles. The molecule has 3 aromatic rings. The van der Waals surface area contributed by atoms with E-state index in [-0.39, 0.29) is 17.8 Å². The number of halogens is 3. The molecule has 1 fully saturated rings. The third-order valence-electron chi connectivity index (χ3n) is 5.23. The van der Waals surface area contributed by atoms with Crippen molar-refractivity contribution < 1.29 is 22.7 Å². The number of nitrogens with zero attached hydrogens (tertiary/aromatic N) is 4. The Morgan fingerprint density at radius 1 is 1.06 bits per heavy atom. The molecule has 1 atom stereocenters. The van der Waals surface area contributed by atoms with Gasteiger partial charge in [0.05, 0.1) is 6.20 Å². The third-order valence-corrected chi connectivity index (χ3v) is 5.23. The minimum absolute atomic E-state index is 0.0666. The topological polar surface area (TPSA) is 60.2 Å². The van der Waals surface area contributed by atoms with E-state index in [0.29, 0.717) is 17.8 Å². The Morgan fingerprint density at radius 2 is 1.81 bits per heavy atom. The lowest BCUT2D eigenvalue weighted by Gasteiger charge is -2.35. The summed E-state index contributed by atoms with van der Waals surface area (Å²) in [5, 5.41) is 8.35. The Hall–Kier alpha value is -3.36. The Labute approximate surface area is 177 Å². The maximum atomic E-state index is 13.1. The van der Waals surface area contributed by atoms with Gasteiger partial charge in [0.1, 0.15) is 11.4 Å². The number of likely N-dealkylation sites (tertiary alicyclic amines) is 1. The molecule has 162 valence electrons. The highest BCUT2D eigenvalue weighted by Crippen LogP contribution is 2.26. The van der Waals surface area contributed by atoms with Gasteiger partial charge < -0.3 is 9.64 Å². The van der Waals surface area contributed by atoms with Crippen molar-refractivity contribution in [3.63, 3.8) is 0 Å². The van der Waals surface area contributed by atoms with Crippen LogP contribution < -0.4 is 4.74 Å². The molecule has 9 heteroatoms. The number of hydrogen-bond donors (Lipinski definition) is 0. The second kappa shape index (κ2) is 8.79. The van der Waals surface area contributed by atoms with Gasteiger partial charge in [0.25, 0.3) is 0 Å². The monoisotopic (exact) mass is 430 g/mol. The highest BCUT2D eigenvalue weighted by atomic mass is 19.4. The van der Waals surface area contributed by atoms with E-state index in [4.69, 9.17) is 0 Å². The third kappa shape index (κ3) is 5.22. The number of piperidine rings is 1. The lowest BCUT2D eigenvalue weighted by atomic mass is 9.96. The van der Waals surface area contributed by atoms with Gasteiger partial charge in [0, 0.05) is 18.2 Å². The van der Waals surface area contributed by atoms with E-state index in [0.717, 1.165) is 30.5 Å². The van der Waals surface area contributed by atoms with Crippen molar-refractivity contribution in [1.29, 1.82) is 0 Å². The number of hydrogen-bond acceptors (Lipinski definition) is 4. The maximum Gasteiger partial charge on any atom is 0.573 e. The molecule has 0 unspecified atom stereocenters. The van der Waals surface area contributed by atoms with Gasteiger partial charge in [0.15, 0.2) is 0 Å². The van der Waals surface area contributed by atoms with Gasteiger partial charge >= 0.3 is 12.4 Å². The van der Waals surface area contributed by atoms with Crippen molar-refractivity contribution >= 4 is 6.03 Å². The molecule has 0 bridgehead atoms. The quantitative estimate of drug-likeness (QED) is 0.590. The first-order chi connectivity index (χ1) is 14.9. The van der Waals surface area contributed by atoms with E-state index in [1.165, 1.54) is 36.0 Å². The fraction of sp³-hybridized carbons (Fsp3) is 0.318. The molecule has 0 N–H and O–H groups in total. The van der Waals surface area contributed by atoms with Gasteiger partial charge in [0.2, 0.25) is 0 Å². The van der Waals surface area contributed by atoms with Crippen molar-refractivity contribution in [3.8, 4) is 17.0 Å². The van der Waals surface area contributed by atoms with E-state index >= 15 is 0 Å². The second-order valence-corrected chi connectivity index (χ2v) is 7.41. The van der Waals surface area contributed by atoms with Crippen LogP contribution in [0.15, 0.2) is 60.8 Å². The second-order valence-electron chi connectivity index (χ2n) is 7.41. The molecule has 1 aliphatic rings. The van der Waals surface area contributed by atoms with Crippen LogP contribution in [0.4, 0.5) is 18.0 Å². The van der Waals surface area contributed by atoms with Crippen LogP contribution in [0, 0.1) is 0 Å². The molecule has 31 heavy (non-hydrogen) atoms. The van der Waals surface area contributed by atoms with Crippen LogP contribution in [0.5, 0.6) is 5.75 Å². The first-order valence-electron chi connectivity index (χ1n) is 10.0. The molecular weight excluding hydrogens is 409 g/mol. The van der Waals surface area contributed by atoms with Crippen LogP contribution in [0.2, 0.25) is 0 Å². The molecule has 0 radical (unpaired) electrons. The Balaban J connectivity index is 1.48. The van der Waals surface area contributed by atoms with Gasteiger partial charge in [-0.25, -0.2) is 4.79 Å². The van der Waals surface area contributed by atoms with Crippen LogP contribution in [0.1, 0.15) is 24.8 Å². The molecule has 6 nitrogen and oxygen atoms in total. The number of aromatic nitrogens is 3. The van der Waals surface area contributed by atoms with Crippen LogP contribution in [-0.4, -0.2) is 44.9 Å². The van der Waals surface area contributed by atoms with Gasteiger partial charge in [-0.3, -0.25) is 0 Å². The summed E-state index contributed by atoms with van der Waals surface area (Å²) in [5.41, 5.74) is 2.10. The zero-order chi connectivity index (χ0) is 21.8. The van der Waals surface area contributed by atoms with E-state index in [2.05, 4.69) is 14.9 Å². The predicted molar refractivity (Wildman–Crippen MR) is 107 cm³/mol. The standard InChI is InChI=1S/C22H21F3N4O2/c23-22(24,25)31-19-11-9-17(10-12-19)20-15-26-29(27-20)21(30)28-13-5-4-8-18(28)14-16-6-2-1-3-7-16/h1-3,6-7,9-12,15,18H,4-5,8,13-14H2/t18-/m0/s1. The summed E-state index contributed by atoms with van der Waals surface area (Å²) >= 11 is 0. The average Bonchev–Trinajstić information content (AvgIpc) is 3.24. The van der Waals surface area contributed by atoms with Crippen LogP contribution in [0.25, 0.3) is 11.3 Å². The molecule has 2 aromatic carbocycles. The molecule has 1 aliphatic heterocycles. The Bertz CT molecular complexity index is 1020. The van der Waals surface area contributed by atoms with Gasteiger partial charge in [-0.1, -0.05) is 35.1 Å². The van der Waals surface area contributed by atoms with E-state index in [1.54, 1.807) is 4.90 Å². The summed E-state index contributed by atoms with van der Waals surface area (Å²) in [6.07, 6.45) is 0.337. The van der Waals surface area contributed by atoms with E-state index < -0.39 is 6.36 Å². The summed E-state index contributed by atoms with van der Waals surface area (Å²) in [4.78, 5) is 15.9. The number of alkyl halides is 3. The summed E-state index contributed by atoms with van der Waals surface area (Å²) in [6, 6.07) is 15.1. The lowest BCUT2D eigenvalue weighted by Crippen LogP contribution is -2.47. The largest absolute Gasteiger partial charge is 0.573 e. The van der Waals surface area contributed by atoms with Gasteiger partial charge in [-0.05, 0) is 55.5 Å². The van der Waals surface area contributed by atoms with Crippen molar-refractivity contribution in [1.82, 2.24) is 19.9 Å². The molecule has 4 rings (SSSR count). The summed E-state index contributed by atoms with van der Waals surface area (Å²) in [5.74, 6) is -0.322. The number of ether oxygens (including phenoxy) is 1. The summed E-state index contributed by atoms with van der Waals surface area (Å²) in [7, 11) is 0. The zero-order valence-electron chi connectivity index (χ0n) is 16.6. The van der Waals surface area contributed by atoms with Crippen LogP contribution >= 0.6 is 0 Å². The number of benzene rings is 2. The molecule has 0 aliphatic carbocycles. The Kier molecular flexibility index (Phi) is 5.92. The van der Waals surface area contributed by atoms with Gasteiger partial charge in [-0.15, -0.1) is 18.3 Å². The summed E-state index contributed by atoms with van der Waals surface area (Å²) < 4.78 is 40.8. The predicted octanol–water partition coefficient (Wildman–Crippen LogP) is 4.91. The number of rotatable bonds is 4. The fourth-order valence-electron chi connectivity index (χ4n) is 3.78. The smallest absolute Gasteiger partial charge is 0.406 e. The first-order valence-corrected chi connectivity index (χ1v) is 10.0. The molecule has 0 saturated carbocycles. The van der Waals surface area contributed by atoms with Gasteiger partial charge in [-0.2, -0.15) is 5.10 Å².